The Morgan fingerprint density at radius 3 is 2.52 bits per heavy atom. The molecule has 1 aromatic carbocycles. The lowest BCUT2D eigenvalue weighted by atomic mass is 10.2. The van der Waals surface area contributed by atoms with Crippen LogP contribution in [-0.2, 0) is 22.9 Å². The average Bonchev–Trinajstić information content (AvgIpc) is 2.90. The van der Waals surface area contributed by atoms with E-state index in [1.165, 1.54) is 13.1 Å². The van der Waals surface area contributed by atoms with Gasteiger partial charge in [0, 0.05) is 5.69 Å². The van der Waals surface area contributed by atoms with E-state index in [4.69, 9.17) is 5.73 Å². The molecule has 0 saturated carbocycles. The number of anilines is 1. The molecule has 0 radical (unpaired) electrons. The molecule has 7 heteroatoms. The van der Waals surface area contributed by atoms with Crippen LogP contribution in [0.1, 0.15) is 25.2 Å². The number of nitrogens with zero attached hydrogens (tertiary/aromatic N) is 2. The van der Waals surface area contributed by atoms with Crippen molar-refractivity contribution in [1.29, 1.82) is 0 Å². The Bertz CT molecular complexity index is 750. The van der Waals surface area contributed by atoms with Gasteiger partial charge < -0.3 is 5.73 Å². The highest BCUT2D eigenvalue weighted by molar-refractivity contribution is 7.89. The predicted molar refractivity (Wildman–Crippen MR) is 83.0 cm³/mol. The highest BCUT2D eigenvalue weighted by Crippen LogP contribution is 2.23. The van der Waals surface area contributed by atoms with Crippen molar-refractivity contribution in [3.8, 4) is 5.69 Å². The fourth-order valence-corrected chi connectivity index (χ4v) is 2.85. The number of hydrogen-bond acceptors (Lipinski definition) is 4. The summed E-state index contributed by atoms with van der Waals surface area (Å²) < 4.78 is 27.9. The molecule has 0 spiro atoms. The zero-order valence-electron chi connectivity index (χ0n) is 12.4. The van der Waals surface area contributed by atoms with Crippen molar-refractivity contribution in [3.63, 3.8) is 0 Å². The minimum absolute atomic E-state index is 0.171. The minimum atomic E-state index is -3.51. The predicted octanol–water partition coefficient (Wildman–Crippen LogP) is 1.49. The van der Waals surface area contributed by atoms with Crippen LogP contribution in [0.3, 0.4) is 0 Å². The number of aromatic nitrogens is 2. The Kier molecular flexibility index (Phi) is 4.34. The van der Waals surface area contributed by atoms with E-state index in [0.29, 0.717) is 11.4 Å². The largest absolute Gasteiger partial charge is 0.397 e. The number of benzene rings is 1. The maximum Gasteiger partial charge on any atom is 0.240 e. The van der Waals surface area contributed by atoms with Crippen LogP contribution in [0, 0.1) is 0 Å². The second-order valence-corrected chi connectivity index (χ2v) is 6.56. The summed E-state index contributed by atoms with van der Waals surface area (Å²) >= 11 is 0. The second kappa shape index (κ2) is 5.87. The molecule has 114 valence electrons. The quantitative estimate of drug-likeness (QED) is 0.819. The molecular formula is C14H20N4O2S. The first-order valence-electron chi connectivity index (χ1n) is 6.84. The van der Waals surface area contributed by atoms with Crippen LogP contribution in [0.2, 0.25) is 0 Å². The lowest BCUT2D eigenvalue weighted by molar-refractivity contribution is 0.588. The topological polar surface area (TPSA) is 90.0 Å². The number of nitrogens with two attached hydrogens (primary N) is 1. The molecule has 0 fully saturated rings. The van der Waals surface area contributed by atoms with Gasteiger partial charge in [0.25, 0.3) is 0 Å². The van der Waals surface area contributed by atoms with Crippen LogP contribution < -0.4 is 10.5 Å². The first kappa shape index (κ1) is 15.5. The molecule has 2 aromatic rings. The fraction of sp³-hybridized carbons (Fsp3) is 0.357. The van der Waals surface area contributed by atoms with E-state index in [9.17, 15) is 8.42 Å². The average molecular weight is 308 g/mol. The lowest BCUT2D eigenvalue weighted by Gasteiger charge is -2.11. The summed E-state index contributed by atoms with van der Waals surface area (Å²) in [6.07, 6.45) is 1.60. The molecule has 0 atom stereocenters. The second-order valence-electron chi connectivity index (χ2n) is 4.67. The molecule has 0 aliphatic heterocycles. The van der Waals surface area contributed by atoms with Crippen molar-refractivity contribution in [2.24, 2.45) is 0 Å². The summed E-state index contributed by atoms with van der Waals surface area (Å²) in [6, 6.07) is 6.64. The first-order chi connectivity index (χ1) is 9.92. The third-order valence-electron chi connectivity index (χ3n) is 3.37. The summed E-state index contributed by atoms with van der Waals surface area (Å²) in [6.45, 7) is 4.05. The smallest absolute Gasteiger partial charge is 0.240 e. The SMILES string of the molecule is CCc1cc(CC)n(-c2cc(S(=O)(=O)NC)ccc2N)n1. The van der Waals surface area contributed by atoms with Crippen LogP contribution in [0.5, 0.6) is 0 Å². The fourth-order valence-electron chi connectivity index (χ4n) is 2.10. The Morgan fingerprint density at radius 2 is 1.95 bits per heavy atom. The third kappa shape index (κ3) is 2.93. The van der Waals surface area contributed by atoms with Gasteiger partial charge in [-0.1, -0.05) is 13.8 Å². The molecule has 1 aromatic heterocycles. The lowest BCUT2D eigenvalue weighted by Crippen LogP contribution is -2.19. The van der Waals surface area contributed by atoms with Gasteiger partial charge in [-0.2, -0.15) is 5.10 Å². The Hall–Kier alpha value is -1.86. The van der Waals surface area contributed by atoms with E-state index in [1.54, 1.807) is 16.8 Å². The molecule has 0 saturated heterocycles. The maximum absolute atomic E-state index is 11.9. The van der Waals surface area contributed by atoms with Gasteiger partial charge in [0.05, 0.1) is 22.0 Å². The number of sulfonamides is 1. The molecule has 3 N–H and O–H groups in total. The van der Waals surface area contributed by atoms with E-state index in [2.05, 4.69) is 9.82 Å². The molecule has 0 unspecified atom stereocenters. The number of nitrogens with one attached hydrogen (secondary N) is 1. The van der Waals surface area contributed by atoms with E-state index >= 15 is 0 Å². The van der Waals surface area contributed by atoms with Crippen molar-refractivity contribution < 1.29 is 8.42 Å². The summed E-state index contributed by atoms with van der Waals surface area (Å²) in [5.41, 5.74) is 9.03. The Labute approximate surface area is 125 Å². The number of nitrogen functional groups attached to an aromatic ring is 1. The van der Waals surface area contributed by atoms with Gasteiger partial charge in [-0.15, -0.1) is 0 Å². The molecule has 21 heavy (non-hydrogen) atoms. The first-order valence-corrected chi connectivity index (χ1v) is 8.32. The molecule has 2 rings (SSSR count). The maximum atomic E-state index is 11.9. The molecule has 1 heterocycles. The zero-order chi connectivity index (χ0) is 15.6. The van der Waals surface area contributed by atoms with Gasteiger partial charge >= 0.3 is 0 Å². The van der Waals surface area contributed by atoms with Crippen LogP contribution in [0.25, 0.3) is 5.69 Å². The van der Waals surface area contributed by atoms with Crippen molar-refractivity contribution in [2.45, 2.75) is 31.6 Å². The summed E-state index contributed by atoms with van der Waals surface area (Å²) in [7, 11) is -2.13. The summed E-state index contributed by atoms with van der Waals surface area (Å²) in [4.78, 5) is 0.171. The third-order valence-corrected chi connectivity index (χ3v) is 4.78. The standard InChI is InChI=1S/C14H20N4O2S/c1-4-10-8-11(5-2)18(17-10)14-9-12(6-7-13(14)15)21(19,20)16-3/h6-9,16H,4-5,15H2,1-3H3. The van der Waals surface area contributed by atoms with E-state index in [-0.39, 0.29) is 4.90 Å². The van der Waals surface area contributed by atoms with Gasteiger partial charge in [-0.05, 0) is 44.2 Å². The van der Waals surface area contributed by atoms with Gasteiger partial charge in [0.2, 0.25) is 10.0 Å². The molecule has 0 amide bonds. The Morgan fingerprint density at radius 1 is 1.24 bits per heavy atom. The van der Waals surface area contributed by atoms with Crippen molar-refractivity contribution in [3.05, 3.63) is 35.7 Å². The Balaban J connectivity index is 2.64. The van der Waals surface area contributed by atoms with Gasteiger partial charge in [0.1, 0.15) is 0 Å². The molecular weight excluding hydrogens is 288 g/mol. The van der Waals surface area contributed by atoms with Crippen LogP contribution in [0.4, 0.5) is 5.69 Å². The zero-order valence-corrected chi connectivity index (χ0v) is 13.2. The number of hydrogen-bond donors (Lipinski definition) is 2. The molecule has 0 aliphatic carbocycles. The van der Waals surface area contributed by atoms with Gasteiger partial charge in [0.15, 0.2) is 0 Å². The van der Waals surface area contributed by atoms with Crippen molar-refractivity contribution >= 4 is 15.7 Å². The van der Waals surface area contributed by atoms with Crippen molar-refractivity contribution in [2.75, 3.05) is 12.8 Å². The monoisotopic (exact) mass is 308 g/mol. The molecule has 0 aliphatic rings. The van der Waals surface area contributed by atoms with E-state index in [0.717, 1.165) is 24.2 Å². The van der Waals surface area contributed by atoms with E-state index < -0.39 is 10.0 Å². The number of rotatable bonds is 5. The number of aryl methyl sites for hydroxylation is 2. The molecule has 6 nitrogen and oxygen atoms in total. The normalized spacial score (nSPS) is 11.8. The van der Waals surface area contributed by atoms with Gasteiger partial charge in [-0.3, -0.25) is 0 Å². The van der Waals surface area contributed by atoms with Crippen LogP contribution in [-0.4, -0.2) is 25.2 Å². The van der Waals surface area contributed by atoms with Crippen LogP contribution in [0.15, 0.2) is 29.2 Å². The highest BCUT2D eigenvalue weighted by atomic mass is 32.2. The van der Waals surface area contributed by atoms with Crippen LogP contribution >= 0.6 is 0 Å². The minimum Gasteiger partial charge on any atom is -0.397 e. The molecule has 0 bridgehead atoms. The van der Waals surface area contributed by atoms with E-state index in [1.807, 2.05) is 19.9 Å². The summed E-state index contributed by atoms with van der Waals surface area (Å²) in [5, 5.41) is 4.50. The van der Waals surface area contributed by atoms with Gasteiger partial charge in [-0.25, -0.2) is 17.8 Å². The van der Waals surface area contributed by atoms with Crippen molar-refractivity contribution in [1.82, 2.24) is 14.5 Å². The highest BCUT2D eigenvalue weighted by Gasteiger charge is 2.16. The summed E-state index contributed by atoms with van der Waals surface area (Å²) in [5.74, 6) is 0.